The van der Waals surface area contributed by atoms with Crippen molar-refractivity contribution in [3.63, 3.8) is 0 Å². The first-order chi connectivity index (χ1) is 21.6. The molecule has 44 heavy (non-hydrogen) atoms. The van der Waals surface area contributed by atoms with E-state index in [0.717, 1.165) is 64.2 Å². The molecule has 1 atom stereocenters. The van der Waals surface area contributed by atoms with E-state index < -0.39 is 6.10 Å². The highest BCUT2D eigenvalue weighted by Crippen LogP contribution is 2.10. The van der Waals surface area contributed by atoms with E-state index in [1.807, 2.05) is 12.2 Å². The summed E-state index contributed by atoms with van der Waals surface area (Å²) >= 11 is 0. The van der Waals surface area contributed by atoms with Crippen molar-refractivity contribution in [2.24, 2.45) is 0 Å². The summed E-state index contributed by atoms with van der Waals surface area (Å²) in [6, 6.07) is 0. The largest absolute Gasteiger partial charge is 0.462 e. The molecule has 5 heteroatoms. The number of unbranched alkanes of at least 4 members (excludes halogenated alkanes) is 7. The summed E-state index contributed by atoms with van der Waals surface area (Å²) in [6.07, 6.45) is 46.5. The van der Waals surface area contributed by atoms with Crippen molar-refractivity contribution in [2.45, 2.75) is 136 Å². The van der Waals surface area contributed by atoms with Crippen molar-refractivity contribution >= 4 is 11.9 Å². The molecular weight excluding hydrogens is 548 g/mol. The molecule has 0 saturated carbocycles. The number of aliphatic hydroxyl groups is 1. The molecule has 0 aliphatic heterocycles. The fourth-order valence-electron chi connectivity index (χ4n) is 4.09. The lowest BCUT2D eigenvalue weighted by Gasteiger charge is -2.15. The summed E-state index contributed by atoms with van der Waals surface area (Å²) in [5, 5.41) is 9.49. The Morgan fingerprint density at radius 2 is 1.02 bits per heavy atom. The van der Waals surface area contributed by atoms with Crippen LogP contribution in [0.15, 0.2) is 85.1 Å². The van der Waals surface area contributed by atoms with Gasteiger partial charge in [0.25, 0.3) is 0 Å². The van der Waals surface area contributed by atoms with Gasteiger partial charge in [-0.15, -0.1) is 0 Å². The van der Waals surface area contributed by atoms with Gasteiger partial charge < -0.3 is 14.6 Å². The van der Waals surface area contributed by atoms with Gasteiger partial charge in [0.2, 0.25) is 0 Å². The van der Waals surface area contributed by atoms with Crippen LogP contribution in [0.5, 0.6) is 0 Å². The quantitative estimate of drug-likeness (QED) is 0.0518. The van der Waals surface area contributed by atoms with Crippen LogP contribution < -0.4 is 0 Å². The number of allylic oxidation sites excluding steroid dienone is 14. The Bertz CT molecular complexity index is 875. The van der Waals surface area contributed by atoms with Crippen LogP contribution in [-0.2, 0) is 19.1 Å². The average Bonchev–Trinajstić information content (AvgIpc) is 3.02. The maximum absolute atomic E-state index is 12.1. The molecule has 248 valence electrons. The number of esters is 2. The second-order valence-electron chi connectivity index (χ2n) is 10.9. The lowest BCUT2D eigenvalue weighted by atomic mass is 10.1. The van der Waals surface area contributed by atoms with Gasteiger partial charge in [-0.25, -0.2) is 0 Å². The second-order valence-corrected chi connectivity index (χ2v) is 10.9. The third-order valence-corrected chi connectivity index (χ3v) is 6.69. The van der Waals surface area contributed by atoms with Gasteiger partial charge in [-0.05, 0) is 70.6 Å². The molecule has 0 aliphatic rings. The van der Waals surface area contributed by atoms with Crippen molar-refractivity contribution in [3.8, 4) is 0 Å². The maximum Gasteiger partial charge on any atom is 0.306 e. The van der Waals surface area contributed by atoms with E-state index in [-0.39, 0.29) is 31.6 Å². The number of ether oxygens (including phenoxy) is 2. The summed E-state index contributed by atoms with van der Waals surface area (Å²) in [6.45, 7) is 3.88. The molecule has 0 aromatic rings. The first kappa shape index (κ1) is 41.1. The van der Waals surface area contributed by atoms with Crippen LogP contribution in [0.3, 0.4) is 0 Å². The minimum absolute atomic E-state index is 0.114. The van der Waals surface area contributed by atoms with Gasteiger partial charge in [0.05, 0.1) is 6.61 Å². The zero-order valence-electron chi connectivity index (χ0n) is 27.9. The second kappa shape index (κ2) is 34.6. The van der Waals surface area contributed by atoms with Gasteiger partial charge in [0.1, 0.15) is 6.61 Å². The predicted molar refractivity (Wildman–Crippen MR) is 186 cm³/mol. The Labute approximate surface area is 269 Å². The molecule has 0 aliphatic carbocycles. The van der Waals surface area contributed by atoms with E-state index in [4.69, 9.17) is 9.47 Å². The van der Waals surface area contributed by atoms with Crippen molar-refractivity contribution in [1.29, 1.82) is 0 Å². The van der Waals surface area contributed by atoms with E-state index in [2.05, 4.69) is 86.8 Å². The van der Waals surface area contributed by atoms with Gasteiger partial charge in [-0.2, -0.15) is 0 Å². The maximum atomic E-state index is 12.1. The van der Waals surface area contributed by atoms with Crippen LogP contribution in [-0.4, -0.2) is 36.4 Å². The van der Waals surface area contributed by atoms with Gasteiger partial charge >= 0.3 is 11.9 Å². The summed E-state index contributed by atoms with van der Waals surface area (Å²) in [7, 11) is 0. The number of hydrogen-bond donors (Lipinski definition) is 1. The third-order valence-electron chi connectivity index (χ3n) is 6.69. The molecule has 0 heterocycles. The Hall–Kier alpha value is -2.92. The van der Waals surface area contributed by atoms with Crippen molar-refractivity contribution in [2.75, 3.05) is 13.2 Å². The van der Waals surface area contributed by atoms with Gasteiger partial charge in [0, 0.05) is 12.8 Å². The standard InChI is InChI=1S/C39H62O5/c1-3-5-7-9-11-13-15-16-17-18-19-20-21-22-24-25-27-29-31-33-38(41)43-36-37(35-40)44-39(42)34-32-30-28-26-23-14-12-10-8-6-4-2/h5,7,10-13,16-17,19-20,22,24,27,29,37,40H,3-4,6,8-9,14-15,18,21,23,25-26,28,30-36H2,1-2H3/b7-5-,12-10-,13-11-,17-16-,20-19-,24-22-,29-27-/t37-/m0/s1. The number of rotatable bonds is 29. The van der Waals surface area contributed by atoms with Crippen LogP contribution in [0, 0.1) is 0 Å². The van der Waals surface area contributed by atoms with Crippen LogP contribution >= 0.6 is 0 Å². The van der Waals surface area contributed by atoms with Gasteiger partial charge in [-0.3, -0.25) is 9.59 Å². The smallest absolute Gasteiger partial charge is 0.306 e. The van der Waals surface area contributed by atoms with Crippen molar-refractivity contribution in [3.05, 3.63) is 85.1 Å². The summed E-state index contributed by atoms with van der Waals surface area (Å²) in [4.78, 5) is 24.1. The molecule has 0 aromatic carbocycles. The number of carbonyl (C=O) groups is 2. The number of hydrogen-bond acceptors (Lipinski definition) is 5. The zero-order chi connectivity index (χ0) is 32.2. The van der Waals surface area contributed by atoms with Crippen LogP contribution in [0.4, 0.5) is 0 Å². The molecule has 1 N–H and O–H groups in total. The topological polar surface area (TPSA) is 72.8 Å². The molecule has 0 aromatic heterocycles. The monoisotopic (exact) mass is 610 g/mol. The molecule has 0 spiro atoms. The molecule has 0 fully saturated rings. The van der Waals surface area contributed by atoms with E-state index in [1.54, 1.807) is 0 Å². The van der Waals surface area contributed by atoms with Gasteiger partial charge in [0.15, 0.2) is 6.10 Å². The first-order valence-corrected chi connectivity index (χ1v) is 17.1. The molecule has 0 radical (unpaired) electrons. The Morgan fingerprint density at radius 1 is 0.545 bits per heavy atom. The molecule has 0 rings (SSSR count). The van der Waals surface area contributed by atoms with E-state index in [0.29, 0.717) is 12.8 Å². The molecule has 0 unspecified atom stereocenters. The Kier molecular flexibility index (Phi) is 32.3. The zero-order valence-corrected chi connectivity index (χ0v) is 27.9. The highest BCUT2D eigenvalue weighted by molar-refractivity contribution is 5.70. The lowest BCUT2D eigenvalue weighted by molar-refractivity contribution is -0.161. The van der Waals surface area contributed by atoms with E-state index >= 15 is 0 Å². The SMILES string of the molecule is CC/C=C\C/C=C\C/C=C\C/C=C\C/C=C\C/C=C\CCC(=O)OC[C@H](CO)OC(=O)CCCCCCC/C=C\CCCC. The molecular formula is C39H62O5. The molecule has 5 nitrogen and oxygen atoms in total. The first-order valence-electron chi connectivity index (χ1n) is 17.1. The highest BCUT2D eigenvalue weighted by atomic mass is 16.6. The molecule has 0 bridgehead atoms. The minimum atomic E-state index is -0.809. The molecule has 0 amide bonds. The van der Waals surface area contributed by atoms with Crippen LogP contribution in [0.25, 0.3) is 0 Å². The lowest BCUT2D eigenvalue weighted by Crippen LogP contribution is -2.28. The summed E-state index contributed by atoms with van der Waals surface area (Å²) < 4.78 is 10.5. The molecule has 0 saturated heterocycles. The highest BCUT2D eigenvalue weighted by Gasteiger charge is 2.15. The Balaban J connectivity index is 3.78. The normalized spacial score (nSPS) is 13.2. The Morgan fingerprint density at radius 3 is 1.57 bits per heavy atom. The number of carbonyl (C=O) groups excluding carboxylic acids is 2. The van der Waals surface area contributed by atoms with Gasteiger partial charge in [-0.1, -0.05) is 131 Å². The fourth-order valence-corrected chi connectivity index (χ4v) is 4.09. The number of aliphatic hydroxyl groups excluding tert-OH is 1. The van der Waals surface area contributed by atoms with Crippen molar-refractivity contribution in [1.82, 2.24) is 0 Å². The average molecular weight is 611 g/mol. The van der Waals surface area contributed by atoms with Crippen LogP contribution in [0.2, 0.25) is 0 Å². The van der Waals surface area contributed by atoms with E-state index in [9.17, 15) is 14.7 Å². The van der Waals surface area contributed by atoms with E-state index in [1.165, 1.54) is 32.1 Å². The summed E-state index contributed by atoms with van der Waals surface area (Å²) in [5.74, 6) is -0.712. The predicted octanol–water partition coefficient (Wildman–Crippen LogP) is 10.4. The minimum Gasteiger partial charge on any atom is -0.462 e. The van der Waals surface area contributed by atoms with Crippen molar-refractivity contribution < 1.29 is 24.2 Å². The van der Waals surface area contributed by atoms with Crippen LogP contribution in [0.1, 0.15) is 129 Å². The summed E-state index contributed by atoms with van der Waals surface area (Å²) in [5.41, 5.74) is 0. The third kappa shape index (κ3) is 32.0. The fraction of sp³-hybridized carbons (Fsp3) is 0.590.